The lowest BCUT2D eigenvalue weighted by molar-refractivity contribution is -0.131. The number of hydrogen-bond acceptors (Lipinski definition) is 4. The molecule has 1 fully saturated rings. The molecule has 1 amide bonds. The molecule has 3 heterocycles. The molecular formula is C20H23N5O2. The number of aromatic nitrogens is 4. The van der Waals surface area contributed by atoms with Crippen molar-refractivity contribution in [3.8, 4) is 0 Å². The van der Waals surface area contributed by atoms with Crippen LogP contribution in [-0.2, 0) is 11.3 Å². The molecule has 0 aliphatic carbocycles. The van der Waals surface area contributed by atoms with E-state index in [1.165, 1.54) is 4.68 Å². The lowest BCUT2D eigenvalue weighted by atomic mass is 10.1. The van der Waals surface area contributed by atoms with Gasteiger partial charge in [0.1, 0.15) is 6.54 Å². The Morgan fingerprint density at radius 1 is 1.15 bits per heavy atom. The number of carbonyl (C=O) groups excluding carboxylic acids is 1. The Hall–Kier alpha value is -2.96. The number of benzene rings is 1. The Labute approximate surface area is 157 Å². The van der Waals surface area contributed by atoms with Gasteiger partial charge < -0.3 is 4.90 Å². The second-order valence-corrected chi connectivity index (χ2v) is 7.25. The van der Waals surface area contributed by atoms with Crippen LogP contribution in [0.4, 0.5) is 0 Å². The van der Waals surface area contributed by atoms with Gasteiger partial charge in [-0.1, -0.05) is 18.2 Å². The highest BCUT2D eigenvalue weighted by Crippen LogP contribution is 2.23. The molecule has 27 heavy (non-hydrogen) atoms. The number of hydrogen-bond donors (Lipinski definition) is 0. The maximum Gasteiger partial charge on any atom is 0.275 e. The van der Waals surface area contributed by atoms with Gasteiger partial charge in [0, 0.05) is 24.2 Å². The predicted molar refractivity (Wildman–Crippen MR) is 103 cm³/mol. The second kappa shape index (κ2) is 6.64. The van der Waals surface area contributed by atoms with Crippen LogP contribution in [0.15, 0.2) is 35.1 Å². The minimum Gasteiger partial charge on any atom is -0.339 e. The Bertz CT molecular complexity index is 1080. The van der Waals surface area contributed by atoms with Gasteiger partial charge in [-0.3, -0.25) is 14.3 Å². The summed E-state index contributed by atoms with van der Waals surface area (Å²) in [5.74, 6) is -0.0803. The first kappa shape index (κ1) is 17.5. The van der Waals surface area contributed by atoms with Crippen molar-refractivity contribution in [2.45, 2.75) is 39.8 Å². The van der Waals surface area contributed by atoms with E-state index in [4.69, 9.17) is 0 Å². The zero-order valence-electron chi connectivity index (χ0n) is 15.8. The fourth-order valence-corrected chi connectivity index (χ4v) is 3.92. The van der Waals surface area contributed by atoms with Gasteiger partial charge in [-0.2, -0.15) is 10.2 Å². The first-order valence-corrected chi connectivity index (χ1v) is 9.21. The maximum atomic E-state index is 12.8. The van der Waals surface area contributed by atoms with E-state index in [0.717, 1.165) is 28.9 Å². The highest BCUT2D eigenvalue weighted by Gasteiger charge is 2.29. The number of amides is 1. The van der Waals surface area contributed by atoms with Gasteiger partial charge >= 0.3 is 0 Å². The third-order valence-corrected chi connectivity index (χ3v) is 5.24. The van der Waals surface area contributed by atoms with Crippen molar-refractivity contribution < 1.29 is 4.79 Å². The van der Waals surface area contributed by atoms with E-state index >= 15 is 0 Å². The SMILES string of the molecule is Cc1cc(C)n([C@@H]2CCN(C(=O)Cn3nc(C)c4ccccc4c3=O)C2)n1. The van der Waals surface area contributed by atoms with Crippen molar-refractivity contribution >= 4 is 16.7 Å². The fraction of sp³-hybridized carbons (Fsp3) is 0.400. The molecule has 7 heteroatoms. The molecule has 1 saturated heterocycles. The summed E-state index contributed by atoms with van der Waals surface area (Å²) in [4.78, 5) is 27.3. The van der Waals surface area contributed by atoms with Crippen LogP contribution in [0, 0.1) is 20.8 Å². The molecule has 0 N–H and O–H groups in total. The molecule has 140 valence electrons. The van der Waals surface area contributed by atoms with Gasteiger partial charge in [-0.05, 0) is 39.3 Å². The van der Waals surface area contributed by atoms with Crippen LogP contribution >= 0.6 is 0 Å². The third-order valence-electron chi connectivity index (χ3n) is 5.24. The second-order valence-electron chi connectivity index (χ2n) is 7.25. The number of fused-ring (bicyclic) bond motifs is 1. The smallest absolute Gasteiger partial charge is 0.275 e. The minimum atomic E-state index is -0.223. The number of likely N-dealkylation sites (tertiary alicyclic amines) is 1. The molecule has 0 saturated carbocycles. The molecule has 2 aromatic heterocycles. The molecule has 1 atom stereocenters. The summed E-state index contributed by atoms with van der Waals surface area (Å²) in [6.07, 6.45) is 0.868. The van der Waals surface area contributed by atoms with Gasteiger partial charge in [0.2, 0.25) is 5.91 Å². The standard InChI is InChI=1S/C20H23N5O2/c1-13-10-14(2)25(21-13)16-8-9-23(11-16)19(26)12-24-20(27)18-7-5-4-6-17(18)15(3)22-24/h4-7,10,16H,8-9,11-12H2,1-3H3/t16-/m1/s1. The lowest BCUT2D eigenvalue weighted by Gasteiger charge is -2.18. The number of nitrogens with zero attached hydrogens (tertiary/aromatic N) is 5. The average Bonchev–Trinajstić information content (AvgIpc) is 3.25. The minimum absolute atomic E-state index is 0.0334. The first-order valence-electron chi connectivity index (χ1n) is 9.21. The van der Waals surface area contributed by atoms with Gasteiger partial charge in [0.25, 0.3) is 5.56 Å². The van der Waals surface area contributed by atoms with E-state index in [1.807, 2.05) is 49.7 Å². The summed E-state index contributed by atoms with van der Waals surface area (Å²) in [6.45, 7) is 7.12. The van der Waals surface area contributed by atoms with Crippen LogP contribution in [0.3, 0.4) is 0 Å². The molecule has 0 spiro atoms. The van der Waals surface area contributed by atoms with E-state index in [1.54, 1.807) is 11.0 Å². The van der Waals surface area contributed by atoms with Crippen molar-refractivity contribution in [2.75, 3.05) is 13.1 Å². The Morgan fingerprint density at radius 3 is 2.59 bits per heavy atom. The first-order chi connectivity index (χ1) is 12.9. The molecule has 3 aromatic rings. The van der Waals surface area contributed by atoms with Crippen LogP contribution < -0.4 is 5.56 Å². The van der Waals surface area contributed by atoms with Crippen LogP contribution in [0.5, 0.6) is 0 Å². The molecular weight excluding hydrogens is 342 g/mol. The largest absolute Gasteiger partial charge is 0.339 e. The normalized spacial score (nSPS) is 17.0. The summed E-state index contributed by atoms with van der Waals surface area (Å²) in [5.41, 5.74) is 2.62. The molecule has 0 unspecified atom stereocenters. The third kappa shape index (κ3) is 3.13. The summed E-state index contributed by atoms with van der Waals surface area (Å²) in [5, 5.41) is 10.3. The predicted octanol–water partition coefficient (Wildman–Crippen LogP) is 1.99. The van der Waals surface area contributed by atoms with Crippen LogP contribution in [-0.4, -0.2) is 43.5 Å². The quantitative estimate of drug-likeness (QED) is 0.712. The van der Waals surface area contributed by atoms with Crippen molar-refractivity contribution in [3.63, 3.8) is 0 Å². The van der Waals surface area contributed by atoms with Crippen molar-refractivity contribution in [1.29, 1.82) is 0 Å². The molecule has 0 bridgehead atoms. The van der Waals surface area contributed by atoms with Gasteiger partial charge in [-0.25, -0.2) is 4.68 Å². The average molecular weight is 365 g/mol. The van der Waals surface area contributed by atoms with Crippen molar-refractivity contribution in [2.24, 2.45) is 0 Å². The Morgan fingerprint density at radius 2 is 1.89 bits per heavy atom. The van der Waals surface area contributed by atoms with Gasteiger partial charge in [0.05, 0.1) is 22.8 Å². The number of carbonyl (C=O) groups is 1. The molecule has 1 aromatic carbocycles. The lowest BCUT2D eigenvalue weighted by Crippen LogP contribution is -2.36. The van der Waals surface area contributed by atoms with Crippen molar-refractivity contribution in [3.05, 3.63) is 57.8 Å². The maximum absolute atomic E-state index is 12.8. The van der Waals surface area contributed by atoms with Gasteiger partial charge in [0.15, 0.2) is 0 Å². The Kier molecular flexibility index (Phi) is 4.30. The van der Waals surface area contributed by atoms with Gasteiger partial charge in [-0.15, -0.1) is 0 Å². The van der Waals surface area contributed by atoms with Crippen LogP contribution in [0.25, 0.3) is 10.8 Å². The summed E-state index contributed by atoms with van der Waals surface area (Å²) in [6, 6.07) is 9.61. The summed E-state index contributed by atoms with van der Waals surface area (Å²) in [7, 11) is 0. The summed E-state index contributed by atoms with van der Waals surface area (Å²) < 4.78 is 3.30. The molecule has 1 aliphatic heterocycles. The fourth-order valence-electron chi connectivity index (χ4n) is 3.92. The van der Waals surface area contributed by atoms with Crippen molar-refractivity contribution in [1.82, 2.24) is 24.5 Å². The Balaban J connectivity index is 1.53. The molecule has 4 rings (SSSR count). The topological polar surface area (TPSA) is 73.0 Å². The zero-order valence-corrected chi connectivity index (χ0v) is 15.8. The van der Waals surface area contributed by atoms with Crippen LogP contribution in [0.2, 0.25) is 0 Å². The molecule has 1 aliphatic rings. The number of aryl methyl sites for hydroxylation is 3. The van der Waals surface area contributed by atoms with E-state index in [0.29, 0.717) is 18.5 Å². The van der Waals surface area contributed by atoms with Crippen LogP contribution in [0.1, 0.15) is 29.5 Å². The van der Waals surface area contributed by atoms with E-state index < -0.39 is 0 Å². The zero-order chi connectivity index (χ0) is 19.1. The number of rotatable bonds is 3. The molecule has 0 radical (unpaired) electrons. The monoisotopic (exact) mass is 365 g/mol. The highest BCUT2D eigenvalue weighted by molar-refractivity contribution is 5.83. The van der Waals surface area contributed by atoms with E-state index in [9.17, 15) is 9.59 Å². The van der Waals surface area contributed by atoms with E-state index in [2.05, 4.69) is 10.2 Å². The highest BCUT2D eigenvalue weighted by atomic mass is 16.2. The van der Waals surface area contributed by atoms with E-state index in [-0.39, 0.29) is 24.1 Å². The molecule has 7 nitrogen and oxygen atoms in total. The summed E-state index contributed by atoms with van der Waals surface area (Å²) >= 11 is 0.